The largest absolute Gasteiger partial charge is 0.384 e. The number of pyridine rings is 1. The average Bonchev–Trinajstić information content (AvgIpc) is 2.75. The molecule has 0 saturated carbocycles. The van der Waals surface area contributed by atoms with Gasteiger partial charge in [0.05, 0.1) is 4.90 Å². The predicted molar refractivity (Wildman–Crippen MR) is 86.7 cm³/mol. The average molecular weight is 346 g/mol. The van der Waals surface area contributed by atoms with Crippen molar-refractivity contribution in [3.05, 3.63) is 39.3 Å². The van der Waals surface area contributed by atoms with Gasteiger partial charge in [0.1, 0.15) is 5.15 Å². The highest BCUT2D eigenvalue weighted by molar-refractivity contribution is 7.89. The van der Waals surface area contributed by atoms with Crippen LogP contribution in [-0.2, 0) is 10.0 Å². The van der Waals surface area contributed by atoms with Crippen LogP contribution in [0.1, 0.15) is 9.75 Å². The Morgan fingerprint density at radius 2 is 2.05 bits per heavy atom. The summed E-state index contributed by atoms with van der Waals surface area (Å²) < 4.78 is 26.9. The Hall–Kier alpha value is -1.15. The summed E-state index contributed by atoms with van der Waals surface area (Å²) >= 11 is 7.25. The highest BCUT2D eigenvalue weighted by Gasteiger charge is 2.18. The van der Waals surface area contributed by atoms with Gasteiger partial charge < -0.3 is 5.32 Å². The Bertz CT molecular complexity index is 729. The van der Waals surface area contributed by atoms with Crippen LogP contribution >= 0.6 is 22.9 Å². The number of hydrogen-bond donors (Lipinski definition) is 2. The number of sulfonamides is 1. The van der Waals surface area contributed by atoms with Crippen LogP contribution in [0.4, 0.5) is 5.69 Å². The molecule has 0 spiro atoms. The first kappa shape index (κ1) is 16.2. The van der Waals surface area contributed by atoms with E-state index >= 15 is 0 Å². The molecule has 2 heterocycles. The Labute approximate surface area is 133 Å². The minimum absolute atomic E-state index is 0.288. The van der Waals surface area contributed by atoms with Gasteiger partial charge in [-0.15, -0.1) is 11.3 Å². The summed E-state index contributed by atoms with van der Waals surface area (Å²) in [7, 11) is -3.45. The molecule has 0 aliphatic carbocycles. The molecular formula is C13H16ClN3O2S2. The molecule has 0 atom stereocenters. The van der Waals surface area contributed by atoms with Gasteiger partial charge in [-0.1, -0.05) is 11.6 Å². The fourth-order valence-corrected chi connectivity index (χ4v) is 4.62. The zero-order chi connectivity index (χ0) is 15.5. The lowest BCUT2D eigenvalue weighted by molar-refractivity contribution is 0.582. The lowest BCUT2D eigenvalue weighted by Crippen LogP contribution is -2.29. The van der Waals surface area contributed by atoms with E-state index in [2.05, 4.69) is 15.0 Å². The van der Waals surface area contributed by atoms with Gasteiger partial charge in [-0.2, -0.15) is 0 Å². The van der Waals surface area contributed by atoms with E-state index in [0.717, 1.165) is 15.4 Å². The number of thiophene rings is 1. The fourth-order valence-electron chi connectivity index (χ4n) is 1.86. The molecule has 0 unspecified atom stereocenters. The van der Waals surface area contributed by atoms with Gasteiger partial charge in [0.15, 0.2) is 0 Å². The maximum Gasteiger partial charge on any atom is 0.241 e. The first-order chi connectivity index (χ1) is 9.88. The maximum atomic E-state index is 12.2. The number of anilines is 1. The van der Waals surface area contributed by atoms with Crippen molar-refractivity contribution in [2.75, 3.05) is 18.4 Å². The van der Waals surface area contributed by atoms with Gasteiger partial charge in [-0.3, -0.25) is 0 Å². The second-order valence-electron chi connectivity index (χ2n) is 4.47. The van der Waals surface area contributed by atoms with Gasteiger partial charge >= 0.3 is 0 Å². The molecule has 5 nitrogen and oxygen atoms in total. The van der Waals surface area contributed by atoms with E-state index in [1.807, 2.05) is 13.8 Å². The topological polar surface area (TPSA) is 71.1 Å². The molecule has 0 aliphatic heterocycles. The quantitative estimate of drug-likeness (QED) is 0.624. The van der Waals surface area contributed by atoms with E-state index in [1.54, 1.807) is 24.4 Å². The molecule has 8 heteroatoms. The number of rotatable bonds is 6. The number of halogens is 1. The predicted octanol–water partition coefficient (Wildman–Crippen LogP) is 2.80. The van der Waals surface area contributed by atoms with Crippen molar-refractivity contribution in [1.82, 2.24) is 9.71 Å². The van der Waals surface area contributed by atoms with Crippen LogP contribution in [-0.4, -0.2) is 26.5 Å². The number of aromatic nitrogens is 1. The number of nitrogens with zero attached hydrogens (tertiary/aromatic N) is 1. The molecule has 0 radical (unpaired) electrons. The Morgan fingerprint density at radius 1 is 1.29 bits per heavy atom. The minimum Gasteiger partial charge on any atom is -0.384 e. The highest BCUT2D eigenvalue weighted by Crippen LogP contribution is 2.24. The molecule has 0 aliphatic rings. The smallest absolute Gasteiger partial charge is 0.241 e. The van der Waals surface area contributed by atoms with Crippen molar-refractivity contribution in [2.45, 2.75) is 18.7 Å². The molecule has 0 aromatic carbocycles. The first-order valence-electron chi connectivity index (χ1n) is 6.30. The summed E-state index contributed by atoms with van der Waals surface area (Å²) in [4.78, 5) is 6.02. The van der Waals surface area contributed by atoms with Crippen LogP contribution in [0.25, 0.3) is 0 Å². The van der Waals surface area contributed by atoms with Gasteiger partial charge in [0.25, 0.3) is 0 Å². The van der Waals surface area contributed by atoms with Crippen LogP contribution in [0.3, 0.4) is 0 Å². The second kappa shape index (κ2) is 6.74. The van der Waals surface area contributed by atoms with Gasteiger partial charge in [-0.05, 0) is 32.0 Å². The Morgan fingerprint density at radius 3 is 2.67 bits per heavy atom. The lowest BCUT2D eigenvalue weighted by Gasteiger charge is -2.08. The van der Waals surface area contributed by atoms with E-state index in [1.165, 1.54) is 11.3 Å². The third-order valence-corrected chi connectivity index (χ3v) is 5.65. The number of hydrogen-bond acceptors (Lipinski definition) is 5. The van der Waals surface area contributed by atoms with E-state index in [9.17, 15) is 8.42 Å². The first-order valence-corrected chi connectivity index (χ1v) is 8.98. The molecule has 21 heavy (non-hydrogen) atoms. The zero-order valence-electron chi connectivity index (χ0n) is 11.7. The summed E-state index contributed by atoms with van der Waals surface area (Å²) in [5, 5.41) is 3.47. The summed E-state index contributed by atoms with van der Waals surface area (Å²) in [5.74, 6) is 0. The highest BCUT2D eigenvalue weighted by atomic mass is 35.5. The van der Waals surface area contributed by atoms with Gasteiger partial charge in [0, 0.05) is 34.7 Å². The van der Waals surface area contributed by atoms with Crippen molar-refractivity contribution in [3.8, 4) is 0 Å². The molecule has 0 saturated heterocycles. The summed E-state index contributed by atoms with van der Waals surface area (Å²) in [6.45, 7) is 4.45. The zero-order valence-corrected chi connectivity index (χ0v) is 14.1. The Balaban J connectivity index is 1.89. The molecule has 0 amide bonds. The molecule has 114 valence electrons. The normalized spacial score (nSPS) is 11.6. The van der Waals surface area contributed by atoms with Crippen LogP contribution in [0.5, 0.6) is 0 Å². The van der Waals surface area contributed by atoms with Crippen LogP contribution in [0.15, 0.2) is 29.3 Å². The molecule has 0 fully saturated rings. The van der Waals surface area contributed by atoms with Crippen LogP contribution < -0.4 is 10.0 Å². The molecular weight excluding hydrogens is 330 g/mol. The number of nitrogens with one attached hydrogen (secondary N) is 2. The summed E-state index contributed by atoms with van der Waals surface area (Å²) in [6, 6.07) is 5.15. The van der Waals surface area contributed by atoms with Crippen LogP contribution in [0, 0.1) is 13.8 Å². The van der Waals surface area contributed by atoms with Crippen molar-refractivity contribution in [2.24, 2.45) is 0 Å². The van der Waals surface area contributed by atoms with Gasteiger partial charge in [-0.25, -0.2) is 18.1 Å². The molecule has 2 aromatic heterocycles. The SMILES string of the molecule is Cc1cc(S(=O)(=O)NCCNc2ccnc(Cl)c2)c(C)s1. The standard InChI is InChI=1S/C13H16ClN3O2S2/c1-9-7-12(10(2)20-9)21(18,19)17-6-5-15-11-3-4-16-13(14)8-11/h3-4,7-8,17H,5-6H2,1-2H3,(H,15,16). The molecule has 2 aromatic rings. The lowest BCUT2D eigenvalue weighted by atomic mass is 10.4. The summed E-state index contributed by atoms with van der Waals surface area (Å²) in [5.41, 5.74) is 0.803. The summed E-state index contributed by atoms with van der Waals surface area (Å²) in [6.07, 6.45) is 1.59. The van der Waals surface area contributed by atoms with E-state index in [-0.39, 0.29) is 6.54 Å². The fraction of sp³-hybridized carbons (Fsp3) is 0.308. The van der Waals surface area contributed by atoms with E-state index in [4.69, 9.17) is 11.6 Å². The number of aryl methyl sites for hydroxylation is 2. The van der Waals surface area contributed by atoms with E-state index < -0.39 is 10.0 Å². The van der Waals surface area contributed by atoms with Gasteiger partial charge in [0.2, 0.25) is 10.0 Å². The third kappa shape index (κ3) is 4.41. The minimum atomic E-state index is -3.45. The van der Waals surface area contributed by atoms with Crippen molar-refractivity contribution < 1.29 is 8.42 Å². The van der Waals surface area contributed by atoms with Crippen LogP contribution in [0.2, 0.25) is 5.15 Å². The second-order valence-corrected chi connectivity index (χ2v) is 8.05. The van der Waals surface area contributed by atoms with Crippen molar-refractivity contribution in [3.63, 3.8) is 0 Å². The maximum absolute atomic E-state index is 12.2. The molecule has 0 bridgehead atoms. The third-order valence-electron chi connectivity index (χ3n) is 2.76. The monoisotopic (exact) mass is 345 g/mol. The van der Waals surface area contributed by atoms with Crippen molar-refractivity contribution in [1.29, 1.82) is 0 Å². The van der Waals surface area contributed by atoms with Crippen molar-refractivity contribution >= 4 is 38.6 Å². The van der Waals surface area contributed by atoms with E-state index in [0.29, 0.717) is 16.6 Å². The molecule has 2 rings (SSSR count). The Kier molecular flexibility index (Phi) is 5.21. The molecule has 2 N–H and O–H groups in total.